The summed E-state index contributed by atoms with van der Waals surface area (Å²) in [6.45, 7) is 11.9. The molecule has 0 bridgehead atoms. The normalized spacial score (nSPS) is 30.6. The zero-order valence-corrected chi connectivity index (χ0v) is 10.1. The molecule has 1 atom stereocenters. The van der Waals surface area contributed by atoms with Gasteiger partial charge >= 0.3 is 0 Å². The summed E-state index contributed by atoms with van der Waals surface area (Å²) >= 11 is 0. The van der Waals surface area contributed by atoms with Crippen molar-refractivity contribution in [1.29, 1.82) is 0 Å². The second kappa shape index (κ2) is 4.19. The smallest absolute Gasteiger partial charge is 0.0746 e. The van der Waals surface area contributed by atoms with Crippen molar-refractivity contribution in [1.82, 2.24) is 4.90 Å². The summed E-state index contributed by atoms with van der Waals surface area (Å²) in [6, 6.07) is 0. The number of nitrogens with zero attached hydrogens (tertiary/aromatic N) is 1. The Hall–Kier alpha value is -0.0800. The van der Waals surface area contributed by atoms with Gasteiger partial charge in [-0.2, -0.15) is 0 Å². The molecule has 1 saturated heterocycles. The van der Waals surface area contributed by atoms with Crippen LogP contribution in [0.1, 0.15) is 47.0 Å². The topological polar surface area (TPSA) is 23.5 Å². The van der Waals surface area contributed by atoms with Crippen LogP contribution in [0.3, 0.4) is 0 Å². The van der Waals surface area contributed by atoms with Crippen LogP contribution in [0.2, 0.25) is 0 Å². The standard InChI is InChI=1S/C12H25NO/c1-11(2,3)7-9-13-8-5-6-12(4,14)10-13/h14H,5-10H2,1-4H3. The summed E-state index contributed by atoms with van der Waals surface area (Å²) in [5.41, 5.74) is -0.0422. The predicted molar refractivity (Wildman–Crippen MR) is 60.4 cm³/mol. The summed E-state index contributed by atoms with van der Waals surface area (Å²) < 4.78 is 0. The van der Waals surface area contributed by atoms with Gasteiger partial charge in [-0.3, -0.25) is 0 Å². The van der Waals surface area contributed by atoms with Crippen molar-refractivity contribution in [3.05, 3.63) is 0 Å². The van der Waals surface area contributed by atoms with Gasteiger partial charge in [-0.15, -0.1) is 0 Å². The fourth-order valence-corrected chi connectivity index (χ4v) is 2.01. The zero-order valence-electron chi connectivity index (χ0n) is 10.1. The van der Waals surface area contributed by atoms with Gasteiger partial charge in [0.05, 0.1) is 5.60 Å². The SMILES string of the molecule is CC(C)(C)CCN1CCCC(C)(O)C1. The molecule has 1 fully saturated rings. The molecule has 0 saturated carbocycles. The third kappa shape index (κ3) is 4.43. The molecule has 1 heterocycles. The zero-order chi connectivity index (χ0) is 10.8. The van der Waals surface area contributed by atoms with Crippen LogP contribution < -0.4 is 0 Å². The lowest BCUT2D eigenvalue weighted by Crippen LogP contribution is -2.46. The highest BCUT2D eigenvalue weighted by molar-refractivity contribution is 4.83. The highest BCUT2D eigenvalue weighted by Crippen LogP contribution is 2.23. The molecule has 0 aromatic carbocycles. The maximum Gasteiger partial charge on any atom is 0.0746 e. The second-order valence-electron chi connectivity index (χ2n) is 6.19. The van der Waals surface area contributed by atoms with Crippen molar-refractivity contribution in [2.24, 2.45) is 5.41 Å². The van der Waals surface area contributed by atoms with Crippen molar-refractivity contribution in [3.63, 3.8) is 0 Å². The Labute approximate surface area is 88.3 Å². The quantitative estimate of drug-likeness (QED) is 0.737. The number of likely N-dealkylation sites (tertiary alicyclic amines) is 1. The highest BCUT2D eigenvalue weighted by atomic mass is 16.3. The minimum Gasteiger partial charge on any atom is -0.389 e. The molecule has 0 spiro atoms. The van der Waals surface area contributed by atoms with Crippen LogP contribution in [-0.2, 0) is 0 Å². The maximum atomic E-state index is 9.93. The van der Waals surface area contributed by atoms with Gasteiger partial charge in [-0.05, 0) is 44.7 Å². The molecule has 0 amide bonds. The molecule has 1 N–H and O–H groups in total. The molecule has 0 aromatic heterocycles. The van der Waals surface area contributed by atoms with E-state index in [1.807, 2.05) is 6.92 Å². The van der Waals surface area contributed by atoms with E-state index in [2.05, 4.69) is 25.7 Å². The number of hydrogen-bond acceptors (Lipinski definition) is 2. The number of aliphatic hydroxyl groups is 1. The Morgan fingerprint density at radius 2 is 2.00 bits per heavy atom. The van der Waals surface area contributed by atoms with E-state index >= 15 is 0 Å². The van der Waals surface area contributed by atoms with E-state index in [9.17, 15) is 5.11 Å². The Morgan fingerprint density at radius 3 is 2.50 bits per heavy atom. The summed E-state index contributed by atoms with van der Waals surface area (Å²) in [6.07, 6.45) is 3.30. The van der Waals surface area contributed by atoms with Crippen molar-refractivity contribution >= 4 is 0 Å². The van der Waals surface area contributed by atoms with Crippen LogP contribution in [0.4, 0.5) is 0 Å². The number of hydrogen-bond donors (Lipinski definition) is 1. The van der Waals surface area contributed by atoms with Gasteiger partial charge < -0.3 is 10.0 Å². The van der Waals surface area contributed by atoms with E-state index in [0.717, 1.165) is 32.5 Å². The molecule has 1 aliphatic rings. The van der Waals surface area contributed by atoms with Crippen molar-refractivity contribution in [2.75, 3.05) is 19.6 Å². The Bertz CT molecular complexity index is 181. The lowest BCUT2D eigenvalue weighted by molar-refractivity contribution is -0.0179. The Balaban J connectivity index is 2.32. The van der Waals surface area contributed by atoms with Crippen molar-refractivity contribution in [2.45, 2.75) is 52.6 Å². The molecule has 2 heteroatoms. The minimum absolute atomic E-state index is 0.406. The Morgan fingerprint density at radius 1 is 1.36 bits per heavy atom. The van der Waals surface area contributed by atoms with E-state index in [4.69, 9.17) is 0 Å². The molecule has 1 rings (SSSR count). The van der Waals surface area contributed by atoms with Gasteiger partial charge in [-0.25, -0.2) is 0 Å². The third-order valence-electron chi connectivity index (χ3n) is 2.93. The summed E-state index contributed by atoms with van der Waals surface area (Å²) in [5.74, 6) is 0. The van der Waals surface area contributed by atoms with E-state index < -0.39 is 5.60 Å². The first kappa shape index (κ1) is 12.0. The summed E-state index contributed by atoms with van der Waals surface area (Å²) in [7, 11) is 0. The van der Waals surface area contributed by atoms with Crippen molar-refractivity contribution < 1.29 is 5.11 Å². The first-order valence-corrected chi connectivity index (χ1v) is 5.73. The van der Waals surface area contributed by atoms with Crippen LogP contribution in [0.15, 0.2) is 0 Å². The molecule has 1 unspecified atom stereocenters. The molecule has 84 valence electrons. The second-order valence-corrected chi connectivity index (χ2v) is 6.19. The van der Waals surface area contributed by atoms with Crippen LogP contribution in [0.25, 0.3) is 0 Å². The first-order chi connectivity index (χ1) is 6.29. The minimum atomic E-state index is -0.448. The molecular formula is C12H25NO. The lowest BCUT2D eigenvalue weighted by atomic mass is 9.90. The summed E-state index contributed by atoms with van der Waals surface area (Å²) in [5, 5.41) is 9.93. The van der Waals surface area contributed by atoms with Gasteiger partial charge in [0.2, 0.25) is 0 Å². The average molecular weight is 199 g/mol. The molecule has 14 heavy (non-hydrogen) atoms. The van der Waals surface area contributed by atoms with Crippen LogP contribution in [0.5, 0.6) is 0 Å². The van der Waals surface area contributed by atoms with Gasteiger partial charge in [0, 0.05) is 6.54 Å². The van der Waals surface area contributed by atoms with E-state index in [-0.39, 0.29) is 0 Å². The predicted octanol–water partition coefficient (Wildman–Crippen LogP) is 2.27. The van der Waals surface area contributed by atoms with Gasteiger partial charge in [0.15, 0.2) is 0 Å². The third-order valence-corrected chi connectivity index (χ3v) is 2.93. The van der Waals surface area contributed by atoms with Gasteiger partial charge in [-0.1, -0.05) is 20.8 Å². The van der Waals surface area contributed by atoms with Gasteiger partial charge in [0.1, 0.15) is 0 Å². The van der Waals surface area contributed by atoms with Crippen LogP contribution >= 0.6 is 0 Å². The summed E-state index contributed by atoms with van der Waals surface area (Å²) in [4.78, 5) is 2.40. The largest absolute Gasteiger partial charge is 0.389 e. The van der Waals surface area contributed by atoms with E-state index in [0.29, 0.717) is 5.41 Å². The fraction of sp³-hybridized carbons (Fsp3) is 1.00. The molecule has 1 aliphatic heterocycles. The molecule has 0 aromatic rings. The molecular weight excluding hydrogens is 174 g/mol. The molecule has 0 radical (unpaired) electrons. The van der Waals surface area contributed by atoms with Gasteiger partial charge in [0.25, 0.3) is 0 Å². The monoisotopic (exact) mass is 199 g/mol. The maximum absolute atomic E-state index is 9.93. The number of β-amino-alcohol motifs (C(OH)–C–C–N with tert-alkyl or cyclic N) is 1. The average Bonchev–Trinajstić information content (AvgIpc) is 1.98. The fourth-order valence-electron chi connectivity index (χ4n) is 2.01. The lowest BCUT2D eigenvalue weighted by Gasteiger charge is -2.37. The first-order valence-electron chi connectivity index (χ1n) is 5.73. The van der Waals surface area contributed by atoms with E-state index in [1.165, 1.54) is 6.42 Å². The van der Waals surface area contributed by atoms with Crippen LogP contribution in [-0.4, -0.2) is 35.2 Å². The number of piperidine rings is 1. The highest BCUT2D eigenvalue weighted by Gasteiger charge is 2.28. The Kier molecular flexibility index (Phi) is 3.59. The van der Waals surface area contributed by atoms with Crippen molar-refractivity contribution in [3.8, 4) is 0 Å². The van der Waals surface area contributed by atoms with E-state index in [1.54, 1.807) is 0 Å². The molecule has 0 aliphatic carbocycles. The molecule has 2 nitrogen and oxygen atoms in total. The van der Waals surface area contributed by atoms with Crippen LogP contribution in [0, 0.1) is 5.41 Å². The number of rotatable bonds is 2.